The van der Waals surface area contributed by atoms with Gasteiger partial charge in [-0.1, -0.05) is 27.7 Å². The zero-order valence-electron chi connectivity index (χ0n) is 12.4. The van der Waals surface area contributed by atoms with E-state index in [0.717, 1.165) is 25.0 Å². The summed E-state index contributed by atoms with van der Waals surface area (Å²) in [6, 6.07) is 2.84. The Morgan fingerprint density at radius 2 is 2.11 bits per heavy atom. The minimum absolute atomic E-state index is 0.274. The maximum absolute atomic E-state index is 5.64. The van der Waals surface area contributed by atoms with E-state index < -0.39 is 0 Å². The molecular weight excluding hydrogens is 224 g/mol. The normalized spacial score (nSPS) is 15.7. The van der Waals surface area contributed by atoms with Crippen molar-refractivity contribution in [2.75, 3.05) is 0 Å². The van der Waals surface area contributed by atoms with Gasteiger partial charge < -0.3 is 0 Å². The Labute approximate surface area is 111 Å². The monoisotopic (exact) mass is 252 g/mol. The van der Waals surface area contributed by atoms with Gasteiger partial charge in [0.25, 0.3) is 0 Å². The van der Waals surface area contributed by atoms with Gasteiger partial charge in [0, 0.05) is 24.7 Å². The standard InChI is InChI=1S/C14H28N4/c1-6-11(2)18-8-7-12(17-18)9-13(16-15)10-14(3,4)5/h7-8,11,13,16H,6,9-10,15H2,1-5H3. The molecular formula is C14H28N4. The zero-order chi connectivity index (χ0) is 13.8. The van der Waals surface area contributed by atoms with E-state index in [1.54, 1.807) is 0 Å². The maximum Gasteiger partial charge on any atom is 0.0640 e. The summed E-state index contributed by atoms with van der Waals surface area (Å²) in [5, 5.41) is 4.62. The van der Waals surface area contributed by atoms with Crippen LogP contribution >= 0.6 is 0 Å². The molecule has 0 saturated carbocycles. The number of nitrogens with zero attached hydrogens (tertiary/aromatic N) is 2. The molecule has 0 aliphatic rings. The molecule has 2 unspecified atom stereocenters. The number of hydrogen-bond acceptors (Lipinski definition) is 3. The number of aromatic nitrogens is 2. The van der Waals surface area contributed by atoms with Crippen molar-refractivity contribution in [3.8, 4) is 0 Å². The van der Waals surface area contributed by atoms with Gasteiger partial charge in [0.1, 0.15) is 0 Å². The SMILES string of the molecule is CCC(C)n1ccc(CC(CC(C)(C)C)NN)n1. The van der Waals surface area contributed by atoms with E-state index in [1.165, 1.54) is 0 Å². The van der Waals surface area contributed by atoms with Crippen LogP contribution in [-0.4, -0.2) is 15.8 Å². The molecule has 0 fully saturated rings. The molecule has 2 atom stereocenters. The lowest BCUT2D eigenvalue weighted by molar-refractivity contribution is 0.306. The summed E-state index contributed by atoms with van der Waals surface area (Å²) in [7, 11) is 0. The average Bonchev–Trinajstić information content (AvgIpc) is 2.73. The third kappa shape index (κ3) is 4.78. The Morgan fingerprint density at radius 1 is 1.44 bits per heavy atom. The molecule has 0 bridgehead atoms. The van der Waals surface area contributed by atoms with Crippen molar-refractivity contribution in [2.24, 2.45) is 11.3 Å². The van der Waals surface area contributed by atoms with Crippen molar-refractivity contribution in [3.63, 3.8) is 0 Å². The third-order valence-electron chi connectivity index (χ3n) is 3.26. The summed E-state index contributed by atoms with van der Waals surface area (Å²) in [5.41, 5.74) is 4.30. The predicted molar refractivity (Wildman–Crippen MR) is 76.1 cm³/mol. The molecule has 0 saturated heterocycles. The molecule has 0 amide bonds. The Morgan fingerprint density at radius 3 is 2.61 bits per heavy atom. The first kappa shape index (κ1) is 15.2. The van der Waals surface area contributed by atoms with Gasteiger partial charge in [-0.25, -0.2) is 0 Å². The summed E-state index contributed by atoms with van der Waals surface area (Å²) >= 11 is 0. The van der Waals surface area contributed by atoms with Crippen molar-refractivity contribution in [3.05, 3.63) is 18.0 Å². The Bertz CT molecular complexity index is 351. The molecule has 0 aliphatic carbocycles. The summed E-state index contributed by atoms with van der Waals surface area (Å²) in [4.78, 5) is 0. The highest BCUT2D eigenvalue weighted by Gasteiger charge is 2.19. The lowest BCUT2D eigenvalue weighted by atomic mass is 9.87. The fraction of sp³-hybridized carbons (Fsp3) is 0.786. The lowest BCUT2D eigenvalue weighted by Crippen LogP contribution is -2.39. The van der Waals surface area contributed by atoms with E-state index >= 15 is 0 Å². The van der Waals surface area contributed by atoms with E-state index in [9.17, 15) is 0 Å². The summed E-state index contributed by atoms with van der Waals surface area (Å²) in [6.07, 6.45) is 5.09. The van der Waals surface area contributed by atoms with E-state index in [-0.39, 0.29) is 11.5 Å². The Hall–Kier alpha value is -0.870. The highest BCUT2D eigenvalue weighted by Crippen LogP contribution is 2.22. The van der Waals surface area contributed by atoms with Gasteiger partial charge in [-0.05, 0) is 31.2 Å². The molecule has 1 aromatic rings. The fourth-order valence-corrected chi connectivity index (χ4v) is 2.10. The predicted octanol–water partition coefficient (Wildman–Crippen LogP) is 2.66. The van der Waals surface area contributed by atoms with Crippen LogP contribution in [0, 0.1) is 5.41 Å². The van der Waals surface area contributed by atoms with Crippen LogP contribution in [0.4, 0.5) is 0 Å². The molecule has 4 nitrogen and oxygen atoms in total. The third-order valence-corrected chi connectivity index (χ3v) is 3.26. The average molecular weight is 252 g/mol. The number of hydrogen-bond donors (Lipinski definition) is 2. The minimum Gasteiger partial charge on any atom is -0.271 e. The van der Waals surface area contributed by atoms with Crippen molar-refractivity contribution in [1.82, 2.24) is 15.2 Å². The van der Waals surface area contributed by atoms with Crippen molar-refractivity contribution in [1.29, 1.82) is 0 Å². The minimum atomic E-state index is 0.274. The highest BCUT2D eigenvalue weighted by molar-refractivity contribution is 5.02. The van der Waals surface area contributed by atoms with Gasteiger partial charge in [-0.3, -0.25) is 16.0 Å². The summed E-state index contributed by atoms with van der Waals surface area (Å²) in [6.45, 7) is 11.1. The summed E-state index contributed by atoms with van der Waals surface area (Å²) < 4.78 is 2.04. The quantitative estimate of drug-likeness (QED) is 0.604. The molecule has 4 heteroatoms. The Kier molecular flexibility index (Phi) is 5.35. The van der Waals surface area contributed by atoms with E-state index in [0.29, 0.717) is 6.04 Å². The van der Waals surface area contributed by atoms with Crippen LogP contribution in [0.1, 0.15) is 59.2 Å². The highest BCUT2D eigenvalue weighted by atomic mass is 15.3. The second-order valence-corrected chi connectivity index (χ2v) is 6.38. The van der Waals surface area contributed by atoms with Crippen molar-refractivity contribution < 1.29 is 0 Å². The molecule has 1 rings (SSSR count). The first-order valence-corrected chi connectivity index (χ1v) is 6.86. The lowest BCUT2D eigenvalue weighted by Gasteiger charge is -2.24. The van der Waals surface area contributed by atoms with Crippen LogP contribution in [-0.2, 0) is 6.42 Å². The number of rotatable bonds is 6. The van der Waals surface area contributed by atoms with Crippen LogP contribution in [0.2, 0.25) is 0 Å². The van der Waals surface area contributed by atoms with Gasteiger partial charge in [0.05, 0.1) is 5.69 Å². The smallest absolute Gasteiger partial charge is 0.0640 e. The van der Waals surface area contributed by atoms with Gasteiger partial charge in [-0.15, -0.1) is 0 Å². The molecule has 104 valence electrons. The maximum atomic E-state index is 5.64. The van der Waals surface area contributed by atoms with E-state index in [2.05, 4.69) is 57.4 Å². The number of nitrogens with one attached hydrogen (secondary N) is 1. The Balaban J connectivity index is 2.62. The number of nitrogens with two attached hydrogens (primary N) is 1. The van der Waals surface area contributed by atoms with E-state index in [1.807, 2.05) is 4.68 Å². The first-order valence-electron chi connectivity index (χ1n) is 6.86. The second kappa shape index (κ2) is 6.34. The largest absolute Gasteiger partial charge is 0.271 e. The molecule has 0 aromatic carbocycles. The molecule has 1 aromatic heterocycles. The molecule has 3 N–H and O–H groups in total. The van der Waals surface area contributed by atoms with Crippen LogP contribution in [0.15, 0.2) is 12.3 Å². The summed E-state index contributed by atoms with van der Waals surface area (Å²) in [5.74, 6) is 5.64. The first-order chi connectivity index (χ1) is 8.35. The molecule has 0 spiro atoms. The van der Waals surface area contributed by atoms with E-state index in [4.69, 9.17) is 5.84 Å². The van der Waals surface area contributed by atoms with Gasteiger partial charge in [-0.2, -0.15) is 5.10 Å². The zero-order valence-corrected chi connectivity index (χ0v) is 12.4. The molecule has 1 heterocycles. The number of hydrazine groups is 1. The second-order valence-electron chi connectivity index (χ2n) is 6.38. The van der Waals surface area contributed by atoms with Gasteiger partial charge >= 0.3 is 0 Å². The van der Waals surface area contributed by atoms with Gasteiger partial charge in [0.2, 0.25) is 0 Å². The van der Waals surface area contributed by atoms with Crippen molar-refractivity contribution >= 4 is 0 Å². The van der Waals surface area contributed by atoms with Crippen molar-refractivity contribution in [2.45, 2.75) is 66.0 Å². The van der Waals surface area contributed by atoms with Crippen LogP contribution < -0.4 is 11.3 Å². The molecule has 0 aliphatic heterocycles. The van der Waals surface area contributed by atoms with Crippen LogP contribution in [0.25, 0.3) is 0 Å². The van der Waals surface area contributed by atoms with Gasteiger partial charge in [0.15, 0.2) is 0 Å². The molecule has 18 heavy (non-hydrogen) atoms. The fourth-order valence-electron chi connectivity index (χ4n) is 2.10. The molecule has 0 radical (unpaired) electrons. The van der Waals surface area contributed by atoms with Crippen LogP contribution in [0.3, 0.4) is 0 Å². The topological polar surface area (TPSA) is 55.9 Å². The van der Waals surface area contributed by atoms with Crippen LogP contribution in [0.5, 0.6) is 0 Å².